The number of hydrogen-bond donors (Lipinski definition) is 0. The van der Waals surface area contributed by atoms with E-state index < -0.39 is 0 Å². The first kappa shape index (κ1) is 8.45. The summed E-state index contributed by atoms with van der Waals surface area (Å²) in [4.78, 5) is 11.7. The third-order valence-electron chi connectivity index (χ3n) is 2.39. The molecule has 0 N–H and O–H groups in total. The first-order chi connectivity index (χ1) is 6.29. The summed E-state index contributed by atoms with van der Waals surface area (Å²) in [6.07, 6.45) is 0.160. The molecule has 13 heavy (non-hydrogen) atoms. The van der Waals surface area contributed by atoms with Gasteiger partial charge >= 0.3 is 0 Å². The van der Waals surface area contributed by atoms with Gasteiger partial charge < -0.3 is 4.74 Å². The number of carbonyl (C=O) groups is 1. The Morgan fingerprint density at radius 2 is 2.08 bits per heavy atom. The second kappa shape index (κ2) is 3.30. The number of hydrogen-bond acceptors (Lipinski definition) is 2. The van der Waals surface area contributed by atoms with Gasteiger partial charge in [0.2, 0.25) is 0 Å². The summed E-state index contributed by atoms with van der Waals surface area (Å²) < 4.78 is 5.09. The Bertz CT molecular complexity index is 301. The molecule has 1 aliphatic rings. The van der Waals surface area contributed by atoms with Gasteiger partial charge in [0.05, 0.1) is 12.7 Å². The highest BCUT2D eigenvalue weighted by Gasteiger charge is 2.34. The number of Topliss-reactive ketones (excluding diaryl/α,β-unsaturated/α-hetero) is 1. The molecule has 0 bridgehead atoms. The van der Waals surface area contributed by atoms with Crippen LogP contribution in [0.4, 0.5) is 0 Å². The molecule has 1 aromatic rings. The van der Waals surface area contributed by atoms with Crippen LogP contribution in [0.5, 0.6) is 0 Å². The molecule has 2 heteroatoms. The lowest BCUT2D eigenvalue weighted by Crippen LogP contribution is -2.16. The van der Waals surface area contributed by atoms with Crippen molar-refractivity contribution in [2.75, 3.05) is 6.61 Å². The first-order valence-electron chi connectivity index (χ1n) is 4.50. The average molecular weight is 176 g/mol. The number of ketones is 1. The van der Waals surface area contributed by atoms with Crippen molar-refractivity contribution in [1.82, 2.24) is 0 Å². The Morgan fingerprint density at radius 1 is 1.46 bits per heavy atom. The van der Waals surface area contributed by atoms with Crippen LogP contribution in [0.2, 0.25) is 0 Å². The van der Waals surface area contributed by atoms with Crippen molar-refractivity contribution < 1.29 is 9.53 Å². The maximum Gasteiger partial charge on any atom is 0.168 e. The molecule has 1 heterocycles. The van der Waals surface area contributed by atoms with Crippen LogP contribution in [0.1, 0.15) is 17.3 Å². The number of carbonyl (C=O) groups excluding carboxylic acids is 1. The van der Waals surface area contributed by atoms with Crippen LogP contribution >= 0.6 is 0 Å². The fraction of sp³-hybridized carbons (Fsp3) is 0.364. The summed E-state index contributed by atoms with van der Waals surface area (Å²) in [6.45, 7) is 2.66. The molecule has 0 saturated carbocycles. The molecule has 0 radical (unpaired) electrons. The lowest BCUT2D eigenvalue weighted by Gasteiger charge is -2.05. The van der Waals surface area contributed by atoms with Crippen molar-refractivity contribution in [3.63, 3.8) is 0 Å². The Labute approximate surface area is 77.5 Å². The van der Waals surface area contributed by atoms with E-state index >= 15 is 0 Å². The molecule has 1 aliphatic heterocycles. The lowest BCUT2D eigenvalue weighted by atomic mass is 9.97. The third kappa shape index (κ3) is 1.78. The van der Waals surface area contributed by atoms with E-state index in [4.69, 9.17) is 4.74 Å². The average Bonchev–Trinajstić information content (AvgIpc) is 3.00. The van der Waals surface area contributed by atoms with Gasteiger partial charge in [-0.2, -0.15) is 0 Å². The van der Waals surface area contributed by atoms with Gasteiger partial charge in [0.1, 0.15) is 0 Å². The lowest BCUT2D eigenvalue weighted by molar-refractivity contribution is 0.0909. The van der Waals surface area contributed by atoms with Crippen LogP contribution in [0.3, 0.4) is 0 Å². The Morgan fingerprint density at radius 3 is 2.62 bits per heavy atom. The molecular weight excluding hydrogens is 164 g/mol. The smallest absolute Gasteiger partial charge is 0.168 e. The maximum atomic E-state index is 11.7. The van der Waals surface area contributed by atoms with E-state index in [0.29, 0.717) is 0 Å². The molecule has 0 aromatic heterocycles. The zero-order chi connectivity index (χ0) is 9.26. The highest BCUT2D eigenvalue weighted by Crippen LogP contribution is 2.23. The molecule has 2 rings (SSSR count). The molecule has 2 atom stereocenters. The summed E-state index contributed by atoms with van der Waals surface area (Å²) in [5.41, 5.74) is 0.783. The number of epoxide rings is 1. The van der Waals surface area contributed by atoms with Crippen molar-refractivity contribution in [2.24, 2.45) is 5.92 Å². The van der Waals surface area contributed by atoms with E-state index in [9.17, 15) is 4.79 Å². The quantitative estimate of drug-likeness (QED) is 0.520. The summed E-state index contributed by atoms with van der Waals surface area (Å²) >= 11 is 0. The summed E-state index contributed by atoms with van der Waals surface area (Å²) in [5.74, 6) is 0.186. The van der Waals surface area contributed by atoms with Gasteiger partial charge in [0.25, 0.3) is 0 Å². The SMILES string of the molecule is CC(C(=O)c1ccccc1)C1CO1. The fourth-order valence-corrected chi connectivity index (χ4v) is 1.38. The van der Waals surface area contributed by atoms with Crippen LogP contribution in [-0.4, -0.2) is 18.5 Å². The van der Waals surface area contributed by atoms with Crippen LogP contribution in [0, 0.1) is 5.92 Å². The largest absolute Gasteiger partial charge is 0.372 e. The van der Waals surface area contributed by atoms with Gasteiger partial charge in [-0.3, -0.25) is 4.79 Å². The van der Waals surface area contributed by atoms with Gasteiger partial charge in [0, 0.05) is 11.5 Å². The van der Waals surface area contributed by atoms with Crippen molar-refractivity contribution in [3.8, 4) is 0 Å². The van der Waals surface area contributed by atoms with Gasteiger partial charge in [-0.25, -0.2) is 0 Å². The predicted molar refractivity (Wildman–Crippen MR) is 49.7 cm³/mol. The van der Waals surface area contributed by atoms with E-state index in [1.54, 1.807) is 0 Å². The zero-order valence-corrected chi connectivity index (χ0v) is 7.57. The van der Waals surface area contributed by atoms with Crippen LogP contribution < -0.4 is 0 Å². The maximum absolute atomic E-state index is 11.7. The molecule has 0 amide bonds. The number of benzene rings is 1. The van der Waals surface area contributed by atoms with E-state index in [1.165, 1.54) is 0 Å². The highest BCUT2D eigenvalue weighted by atomic mass is 16.6. The minimum absolute atomic E-state index is 0.00222. The third-order valence-corrected chi connectivity index (χ3v) is 2.39. The monoisotopic (exact) mass is 176 g/mol. The Balaban J connectivity index is 2.12. The van der Waals surface area contributed by atoms with E-state index in [1.807, 2.05) is 37.3 Å². The minimum atomic E-state index is 0.00222. The normalized spacial score (nSPS) is 22.4. The molecule has 2 unspecified atom stereocenters. The second-order valence-corrected chi connectivity index (χ2v) is 3.39. The molecule has 2 nitrogen and oxygen atoms in total. The van der Waals surface area contributed by atoms with E-state index in [0.717, 1.165) is 12.2 Å². The van der Waals surface area contributed by atoms with Crippen LogP contribution in [-0.2, 0) is 4.74 Å². The zero-order valence-electron chi connectivity index (χ0n) is 7.57. The first-order valence-corrected chi connectivity index (χ1v) is 4.50. The second-order valence-electron chi connectivity index (χ2n) is 3.39. The molecule has 0 spiro atoms. The van der Waals surface area contributed by atoms with Crippen molar-refractivity contribution in [2.45, 2.75) is 13.0 Å². The van der Waals surface area contributed by atoms with Gasteiger partial charge in [-0.1, -0.05) is 37.3 Å². The van der Waals surface area contributed by atoms with Crippen molar-refractivity contribution in [3.05, 3.63) is 35.9 Å². The van der Waals surface area contributed by atoms with E-state index in [2.05, 4.69) is 0 Å². The van der Waals surface area contributed by atoms with Crippen molar-refractivity contribution >= 4 is 5.78 Å². The fourth-order valence-electron chi connectivity index (χ4n) is 1.38. The topological polar surface area (TPSA) is 29.6 Å². The standard InChI is InChI=1S/C11H12O2/c1-8(10-7-13-10)11(12)9-5-3-2-4-6-9/h2-6,8,10H,7H2,1H3. The molecule has 1 aromatic carbocycles. The van der Waals surface area contributed by atoms with Gasteiger partial charge in [-0.05, 0) is 0 Å². The van der Waals surface area contributed by atoms with Crippen molar-refractivity contribution in [1.29, 1.82) is 0 Å². The number of ether oxygens (including phenoxy) is 1. The molecular formula is C11H12O2. The highest BCUT2D eigenvalue weighted by molar-refractivity contribution is 5.98. The summed E-state index contributed by atoms with van der Waals surface area (Å²) in [7, 11) is 0. The Kier molecular flexibility index (Phi) is 2.15. The van der Waals surface area contributed by atoms with E-state index in [-0.39, 0.29) is 17.8 Å². The molecule has 1 saturated heterocycles. The van der Waals surface area contributed by atoms with Crippen LogP contribution in [0.15, 0.2) is 30.3 Å². The minimum Gasteiger partial charge on any atom is -0.372 e. The van der Waals surface area contributed by atoms with Gasteiger partial charge in [0.15, 0.2) is 5.78 Å². The Hall–Kier alpha value is -1.15. The molecule has 0 aliphatic carbocycles. The van der Waals surface area contributed by atoms with Crippen LogP contribution in [0.25, 0.3) is 0 Å². The number of rotatable bonds is 3. The summed E-state index contributed by atoms with van der Waals surface area (Å²) in [6, 6.07) is 9.37. The van der Waals surface area contributed by atoms with Gasteiger partial charge in [-0.15, -0.1) is 0 Å². The predicted octanol–water partition coefficient (Wildman–Crippen LogP) is 1.90. The molecule has 1 fully saturated rings. The molecule has 68 valence electrons. The summed E-state index contributed by atoms with van der Waals surface area (Å²) in [5, 5.41) is 0.